The van der Waals surface area contributed by atoms with Gasteiger partial charge in [0.2, 0.25) is 5.91 Å². The van der Waals surface area contributed by atoms with E-state index >= 15 is 0 Å². The van der Waals surface area contributed by atoms with Gasteiger partial charge < -0.3 is 9.15 Å². The number of hydrogen-bond acceptors (Lipinski definition) is 5. The molecule has 0 spiro atoms. The molecule has 1 heterocycles. The van der Waals surface area contributed by atoms with Crippen molar-refractivity contribution < 1.29 is 18.7 Å². The van der Waals surface area contributed by atoms with Gasteiger partial charge in [-0.15, -0.1) is 0 Å². The second-order valence-electron chi connectivity index (χ2n) is 4.64. The SMILES string of the molecule is CCOC(=O)NNC(=O)CCc1ncc(-c2ccc(Cl)cc2Cl)o1. The van der Waals surface area contributed by atoms with E-state index in [1.54, 1.807) is 25.1 Å². The summed E-state index contributed by atoms with van der Waals surface area (Å²) < 4.78 is 10.2. The lowest BCUT2D eigenvalue weighted by molar-refractivity contribution is -0.122. The minimum atomic E-state index is -0.721. The molecule has 0 aliphatic rings. The van der Waals surface area contributed by atoms with Crippen molar-refractivity contribution in [3.05, 3.63) is 40.3 Å². The molecule has 0 bridgehead atoms. The van der Waals surface area contributed by atoms with Crippen molar-refractivity contribution >= 4 is 35.2 Å². The topological polar surface area (TPSA) is 93.5 Å². The van der Waals surface area contributed by atoms with E-state index in [2.05, 4.69) is 20.6 Å². The van der Waals surface area contributed by atoms with E-state index in [-0.39, 0.29) is 19.4 Å². The van der Waals surface area contributed by atoms with Crippen molar-refractivity contribution in [1.82, 2.24) is 15.8 Å². The summed E-state index contributed by atoms with van der Waals surface area (Å²) in [6.07, 6.45) is 1.16. The number of benzene rings is 1. The highest BCUT2D eigenvalue weighted by atomic mass is 35.5. The van der Waals surface area contributed by atoms with Gasteiger partial charge in [-0.1, -0.05) is 23.2 Å². The zero-order valence-electron chi connectivity index (χ0n) is 12.8. The summed E-state index contributed by atoms with van der Waals surface area (Å²) >= 11 is 12.0. The lowest BCUT2D eigenvalue weighted by Gasteiger charge is -2.06. The Balaban J connectivity index is 1.87. The number of aromatic nitrogens is 1. The first kappa shape index (κ1) is 18.1. The summed E-state index contributed by atoms with van der Waals surface area (Å²) in [6.45, 7) is 1.88. The third-order valence-electron chi connectivity index (χ3n) is 2.90. The summed E-state index contributed by atoms with van der Waals surface area (Å²) in [5.74, 6) is 0.464. The van der Waals surface area contributed by atoms with E-state index in [1.807, 2.05) is 0 Å². The molecule has 0 atom stereocenters. The predicted molar refractivity (Wildman–Crippen MR) is 88.6 cm³/mol. The standard InChI is InChI=1S/C15H15Cl2N3O4/c1-2-23-15(22)20-19-13(21)5-6-14-18-8-12(24-14)10-4-3-9(16)7-11(10)17/h3-4,7-8H,2,5-6H2,1H3,(H,19,21)(H,20,22). The molecule has 2 amide bonds. The van der Waals surface area contributed by atoms with Crippen molar-refractivity contribution in [2.24, 2.45) is 0 Å². The lowest BCUT2D eigenvalue weighted by Crippen LogP contribution is -2.42. The van der Waals surface area contributed by atoms with Gasteiger partial charge in [-0.3, -0.25) is 10.2 Å². The fraction of sp³-hybridized carbons (Fsp3) is 0.267. The molecule has 128 valence electrons. The van der Waals surface area contributed by atoms with Crippen LogP contribution in [0.25, 0.3) is 11.3 Å². The Morgan fingerprint density at radius 2 is 2.08 bits per heavy atom. The zero-order chi connectivity index (χ0) is 17.5. The number of carbonyl (C=O) groups is 2. The van der Waals surface area contributed by atoms with Gasteiger partial charge in [0.15, 0.2) is 11.7 Å². The Morgan fingerprint density at radius 3 is 2.79 bits per heavy atom. The van der Waals surface area contributed by atoms with Crippen LogP contribution in [0.5, 0.6) is 0 Å². The highest BCUT2D eigenvalue weighted by Gasteiger charge is 2.12. The fourth-order valence-electron chi connectivity index (χ4n) is 1.81. The van der Waals surface area contributed by atoms with Crippen LogP contribution in [-0.2, 0) is 16.0 Å². The van der Waals surface area contributed by atoms with E-state index in [9.17, 15) is 9.59 Å². The minimum absolute atomic E-state index is 0.0840. The number of carbonyl (C=O) groups excluding carboxylic acids is 2. The van der Waals surface area contributed by atoms with Gasteiger partial charge in [0.05, 0.1) is 17.8 Å². The van der Waals surface area contributed by atoms with Crippen LogP contribution in [-0.4, -0.2) is 23.6 Å². The molecule has 2 rings (SSSR count). The third-order valence-corrected chi connectivity index (χ3v) is 3.44. The molecule has 24 heavy (non-hydrogen) atoms. The van der Waals surface area contributed by atoms with Crippen molar-refractivity contribution in [2.45, 2.75) is 19.8 Å². The van der Waals surface area contributed by atoms with Gasteiger partial charge in [-0.05, 0) is 25.1 Å². The minimum Gasteiger partial charge on any atom is -0.449 e. The molecular weight excluding hydrogens is 357 g/mol. The summed E-state index contributed by atoms with van der Waals surface area (Å²) in [5.41, 5.74) is 5.00. The smallest absolute Gasteiger partial charge is 0.426 e. The molecule has 0 aliphatic carbocycles. The van der Waals surface area contributed by atoms with Crippen LogP contribution in [0.2, 0.25) is 10.0 Å². The Kier molecular flexibility index (Phi) is 6.45. The highest BCUT2D eigenvalue weighted by Crippen LogP contribution is 2.30. The Hall–Kier alpha value is -2.25. The largest absolute Gasteiger partial charge is 0.449 e. The van der Waals surface area contributed by atoms with Crippen molar-refractivity contribution in [3.8, 4) is 11.3 Å². The fourth-order valence-corrected chi connectivity index (χ4v) is 2.31. The van der Waals surface area contributed by atoms with Crippen molar-refractivity contribution in [3.63, 3.8) is 0 Å². The molecule has 2 aromatic rings. The molecule has 0 unspecified atom stereocenters. The van der Waals surface area contributed by atoms with Crippen molar-refractivity contribution in [1.29, 1.82) is 0 Å². The molecule has 1 aromatic carbocycles. The van der Waals surface area contributed by atoms with Gasteiger partial charge in [-0.2, -0.15) is 0 Å². The molecule has 0 radical (unpaired) electrons. The number of rotatable bonds is 5. The third kappa shape index (κ3) is 5.14. The lowest BCUT2D eigenvalue weighted by atomic mass is 10.2. The van der Waals surface area contributed by atoms with Crippen LogP contribution < -0.4 is 10.9 Å². The molecule has 0 aliphatic heterocycles. The maximum Gasteiger partial charge on any atom is 0.426 e. The summed E-state index contributed by atoms with van der Waals surface area (Å²) in [7, 11) is 0. The number of hydrazine groups is 1. The van der Waals surface area contributed by atoms with E-state index in [0.717, 1.165) is 0 Å². The quantitative estimate of drug-likeness (QED) is 0.785. The number of ether oxygens (including phenoxy) is 1. The van der Waals surface area contributed by atoms with Crippen LogP contribution in [0.1, 0.15) is 19.2 Å². The van der Waals surface area contributed by atoms with Crippen molar-refractivity contribution in [2.75, 3.05) is 6.61 Å². The molecular formula is C15H15Cl2N3O4. The van der Waals surface area contributed by atoms with Crippen LogP contribution in [0.3, 0.4) is 0 Å². The van der Waals surface area contributed by atoms with Crippen LogP contribution in [0.4, 0.5) is 4.79 Å². The molecule has 2 N–H and O–H groups in total. The molecule has 0 fully saturated rings. The molecule has 9 heteroatoms. The normalized spacial score (nSPS) is 10.3. The zero-order valence-corrected chi connectivity index (χ0v) is 14.3. The number of amides is 2. The summed E-state index contributed by atoms with van der Waals surface area (Å²) in [4.78, 5) is 26.7. The number of aryl methyl sites for hydroxylation is 1. The first-order valence-corrected chi connectivity index (χ1v) is 7.87. The Morgan fingerprint density at radius 1 is 1.29 bits per heavy atom. The Labute approximate surface area is 148 Å². The number of oxazole rings is 1. The Bertz CT molecular complexity index is 733. The first-order valence-electron chi connectivity index (χ1n) is 7.11. The maximum absolute atomic E-state index is 11.6. The molecule has 0 saturated heterocycles. The number of hydrogen-bond donors (Lipinski definition) is 2. The second kappa shape index (κ2) is 8.56. The first-order chi connectivity index (χ1) is 11.5. The van der Waals surface area contributed by atoms with Gasteiger partial charge in [0, 0.05) is 23.4 Å². The highest BCUT2D eigenvalue weighted by molar-refractivity contribution is 6.36. The number of nitrogens with one attached hydrogen (secondary N) is 2. The molecule has 1 aromatic heterocycles. The average Bonchev–Trinajstić information content (AvgIpc) is 3.00. The van der Waals surface area contributed by atoms with E-state index < -0.39 is 12.0 Å². The maximum atomic E-state index is 11.6. The van der Waals surface area contributed by atoms with Gasteiger partial charge in [0.25, 0.3) is 0 Å². The van der Waals surface area contributed by atoms with E-state index in [1.165, 1.54) is 6.20 Å². The van der Waals surface area contributed by atoms with E-state index in [0.29, 0.717) is 27.3 Å². The number of nitrogens with zero attached hydrogens (tertiary/aromatic N) is 1. The van der Waals surface area contributed by atoms with Gasteiger partial charge in [0.1, 0.15) is 0 Å². The predicted octanol–water partition coefficient (Wildman–Crippen LogP) is 3.36. The molecule has 0 saturated carbocycles. The van der Waals surface area contributed by atoms with Gasteiger partial charge in [-0.25, -0.2) is 15.2 Å². The van der Waals surface area contributed by atoms with E-state index in [4.69, 9.17) is 27.6 Å². The van der Waals surface area contributed by atoms with Crippen LogP contribution in [0.15, 0.2) is 28.8 Å². The van der Waals surface area contributed by atoms with Crippen LogP contribution in [0, 0.1) is 0 Å². The average molecular weight is 372 g/mol. The number of halogens is 2. The van der Waals surface area contributed by atoms with Gasteiger partial charge >= 0.3 is 6.09 Å². The summed E-state index contributed by atoms with van der Waals surface area (Å²) in [5, 5.41) is 0.968. The second-order valence-corrected chi connectivity index (χ2v) is 5.48. The summed E-state index contributed by atoms with van der Waals surface area (Å²) in [6, 6.07) is 5.03. The van der Waals surface area contributed by atoms with Crippen LogP contribution >= 0.6 is 23.2 Å². The molecule has 7 nitrogen and oxygen atoms in total. The monoisotopic (exact) mass is 371 g/mol.